The average Bonchev–Trinajstić information content (AvgIpc) is 2.50. The monoisotopic (exact) mass is 226 g/mol. The van der Waals surface area contributed by atoms with E-state index >= 15 is 0 Å². The lowest BCUT2D eigenvalue weighted by Gasteiger charge is -2.27. The Hall–Kier alpha value is -0.0800. The van der Waals surface area contributed by atoms with Gasteiger partial charge in [0.15, 0.2) is 0 Å². The number of rotatable bonds is 6. The Morgan fingerprint density at radius 1 is 1.19 bits per heavy atom. The highest BCUT2D eigenvalue weighted by Crippen LogP contribution is 2.15. The Balaban J connectivity index is 2.19. The minimum atomic E-state index is 0.724. The summed E-state index contributed by atoms with van der Waals surface area (Å²) in [5.41, 5.74) is 0. The summed E-state index contributed by atoms with van der Waals surface area (Å²) >= 11 is 0. The summed E-state index contributed by atoms with van der Waals surface area (Å²) in [6.45, 7) is 10.6. The molecule has 0 saturated carbocycles. The molecule has 1 aliphatic rings. The minimum absolute atomic E-state index is 0.724. The second kappa shape index (κ2) is 8.08. The number of hydrogen-bond acceptors (Lipinski definition) is 2. The lowest BCUT2D eigenvalue weighted by atomic mass is 10.1. The quantitative estimate of drug-likeness (QED) is 0.749. The SMILES string of the molecule is CCC(CC)NCCN1CCCCCC1C. The smallest absolute Gasteiger partial charge is 0.0110 e. The normalized spacial score (nSPS) is 23.6. The summed E-state index contributed by atoms with van der Waals surface area (Å²) in [6, 6.07) is 1.52. The molecule has 1 atom stereocenters. The summed E-state index contributed by atoms with van der Waals surface area (Å²) < 4.78 is 0. The molecule has 16 heavy (non-hydrogen) atoms. The summed E-state index contributed by atoms with van der Waals surface area (Å²) in [5, 5.41) is 3.67. The summed E-state index contributed by atoms with van der Waals surface area (Å²) in [6.07, 6.45) is 8.16. The molecule has 1 aliphatic heterocycles. The second-order valence-electron chi connectivity index (χ2n) is 5.20. The average molecular weight is 226 g/mol. The van der Waals surface area contributed by atoms with Gasteiger partial charge in [-0.15, -0.1) is 0 Å². The van der Waals surface area contributed by atoms with Crippen LogP contribution in [0.25, 0.3) is 0 Å². The summed E-state index contributed by atoms with van der Waals surface area (Å²) in [7, 11) is 0. The van der Waals surface area contributed by atoms with Gasteiger partial charge in [0.1, 0.15) is 0 Å². The molecule has 0 aromatic rings. The number of nitrogens with zero attached hydrogens (tertiary/aromatic N) is 1. The third-order valence-electron chi connectivity index (χ3n) is 4.01. The minimum Gasteiger partial charge on any atom is -0.313 e. The summed E-state index contributed by atoms with van der Waals surface area (Å²) in [5.74, 6) is 0. The molecule has 0 bridgehead atoms. The van der Waals surface area contributed by atoms with E-state index in [0.717, 1.165) is 18.6 Å². The Morgan fingerprint density at radius 2 is 1.94 bits per heavy atom. The van der Waals surface area contributed by atoms with Crippen molar-refractivity contribution in [2.24, 2.45) is 0 Å². The highest BCUT2D eigenvalue weighted by Gasteiger charge is 2.16. The van der Waals surface area contributed by atoms with Gasteiger partial charge in [-0.25, -0.2) is 0 Å². The van der Waals surface area contributed by atoms with Crippen molar-refractivity contribution in [1.82, 2.24) is 10.2 Å². The van der Waals surface area contributed by atoms with E-state index in [2.05, 4.69) is 31.0 Å². The van der Waals surface area contributed by atoms with Gasteiger partial charge < -0.3 is 5.32 Å². The van der Waals surface area contributed by atoms with Crippen LogP contribution in [0.15, 0.2) is 0 Å². The van der Waals surface area contributed by atoms with Crippen LogP contribution in [-0.4, -0.2) is 36.6 Å². The highest BCUT2D eigenvalue weighted by atomic mass is 15.2. The largest absolute Gasteiger partial charge is 0.313 e. The third kappa shape index (κ3) is 4.84. The molecule has 0 amide bonds. The Kier molecular flexibility index (Phi) is 7.06. The molecule has 1 heterocycles. The molecule has 0 radical (unpaired) electrons. The fourth-order valence-corrected chi connectivity index (χ4v) is 2.66. The first-order valence-electron chi connectivity index (χ1n) is 7.25. The Morgan fingerprint density at radius 3 is 2.62 bits per heavy atom. The molecular weight excluding hydrogens is 196 g/mol. The van der Waals surface area contributed by atoms with Gasteiger partial charge in [0, 0.05) is 25.2 Å². The van der Waals surface area contributed by atoms with E-state index in [0.29, 0.717) is 0 Å². The van der Waals surface area contributed by atoms with Gasteiger partial charge in [0.25, 0.3) is 0 Å². The van der Waals surface area contributed by atoms with Gasteiger partial charge >= 0.3 is 0 Å². The van der Waals surface area contributed by atoms with Gasteiger partial charge in [-0.1, -0.05) is 26.7 Å². The first-order chi connectivity index (χ1) is 7.77. The van der Waals surface area contributed by atoms with Crippen molar-refractivity contribution in [1.29, 1.82) is 0 Å². The van der Waals surface area contributed by atoms with Crippen molar-refractivity contribution in [3.63, 3.8) is 0 Å². The van der Waals surface area contributed by atoms with Crippen LogP contribution in [0.4, 0.5) is 0 Å². The van der Waals surface area contributed by atoms with Gasteiger partial charge in [0.05, 0.1) is 0 Å². The van der Waals surface area contributed by atoms with E-state index in [4.69, 9.17) is 0 Å². The van der Waals surface area contributed by atoms with Gasteiger partial charge in [-0.05, 0) is 39.2 Å². The zero-order valence-electron chi connectivity index (χ0n) is 11.5. The third-order valence-corrected chi connectivity index (χ3v) is 4.01. The van der Waals surface area contributed by atoms with Crippen molar-refractivity contribution in [2.45, 2.75) is 71.4 Å². The van der Waals surface area contributed by atoms with E-state index in [1.165, 1.54) is 51.6 Å². The van der Waals surface area contributed by atoms with Crippen LogP contribution in [-0.2, 0) is 0 Å². The van der Waals surface area contributed by atoms with Crippen LogP contribution in [0.5, 0.6) is 0 Å². The van der Waals surface area contributed by atoms with Crippen LogP contribution >= 0.6 is 0 Å². The molecule has 2 nitrogen and oxygen atoms in total. The predicted octanol–water partition coefficient (Wildman–Crippen LogP) is 3.03. The number of likely N-dealkylation sites (tertiary alicyclic amines) is 1. The van der Waals surface area contributed by atoms with Crippen molar-refractivity contribution in [3.05, 3.63) is 0 Å². The Bertz CT molecular complexity index is 166. The molecule has 1 saturated heterocycles. The van der Waals surface area contributed by atoms with Crippen LogP contribution in [0.1, 0.15) is 59.3 Å². The molecule has 1 unspecified atom stereocenters. The number of hydrogen-bond donors (Lipinski definition) is 1. The standard InChI is InChI=1S/C14H30N2/c1-4-14(5-2)15-10-12-16-11-8-6-7-9-13(16)3/h13-15H,4-12H2,1-3H3. The fourth-order valence-electron chi connectivity index (χ4n) is 2.66. The molecule has 0 spiro atoms. The van der Waals surface area contributed by atoms with Crippen molar-refractivity contribution < 1.29 is 0 Å². The molecular formula is C14H30N2. The molecule has 1 N–H and O–H groups in total. The van der Waals surface area contributed by atoms with E-state index in [9.17, 15) is 0 Å². The van der Waals surface area contributed by atoms with Crippen LogP contribution in [0.3, 0.4) is 0 Å². The first-order valence-corrected chi connectivity index (χ1v) is 7.25. The van der Waals surface area contributed by atoms with Crippen molar-refractivity contribution >= 4 is 0 Å². The molecule has 96 valence electrons. The van der Waals surface area contributed by atoms with Crippen LogP contribution in [0, 0.1) is 0 Å². The van der Waals surface area contributed by atoms with Crippen LogP contribution in [0.2, 0.25) is 0 Å². The van der Waals surface area contributed by atoms with Gasteiger partial charge in [-0.2, -0.15) is 0 Å². The van der Waals surface area contributed by atoms with Crippen LogP contribution < -0.4 is 5.32 Å². The second-order valence-corrected chi connectivity index (χ2v) is 5.20. The molecule has 1 rings (SSSR count). The molecule has 0 aromatic heterocycles. The van der Waals surface area contributed by atoms with E-state index in [1.54, 1.807) is 0 Å². The maximum absolute atomic E-state index is 3.67. The predicted molar refractivity (Wildman–Crippen MR) is 71.9 cm³/mol. The maximum Gasteiger partial charge on any atom is 0.0110 e. The maximum atomic E-state index is 3.67. The van der Waals surface area contributed by atoms with Gasteiger partial charge in [-0.3, -0.25) is 4.90 Å². The first kappa shape index (κ1) is 14.0. The number of nitrogens with one attached hydrogen (secondary N) is 1. The molecule has 0 aliphatic carbocycles. The van der Waals surface area contributed by atoms with Gasteiger partial charge in [0.2, 0.25) is 0 Å². The zero-order chi connectivity index (χ0) is 11.8. The Labute approximate surface area is 102 Å². The summed E-state index contributed by atoms with van der Waals surface area (Å²) in [4.78, 5) is 2.67. The molecule has 0 aromatic carbocycles. The lowest BCUT2D eigenvalue weighted by molar-refractivity contribution is 0.210. The highest BCUT2D eigenvalue weighted by molar-refractivity contribution is 4.73. The van der Waals surface area contributed by atoms with Crippen molar-refractivity contribution in [3.8, 4) is 0 Å². The molecule has 2 heteroatoms. The lowest BCUT2D eigenvalue weighted by Crippen LogP contribution is -2.40. The van der Waals surface area contributed by atoms with E-state index in [-0.39, 0.29) is 0 Å². The zero-order valence-corrected chi connectivity index (χ0v) is 11.5. The topological polar surface area (TPSA) is 15.3 Å². The van der Waals surface area contributed by atoms with Crippen molar-refractivity contribution in [2.75, 3.05) is 19.6 Å². The fraction of sp³-hybridized carbons (Fsp3) is 1.00. The molecule has 1 fully saturated rings. The van der Waals surface area contributed by atoms with E-state index < -0.39 is 0 Å². The van der Waals surface area contributed by atoms with E-state index in [1.807, 2.05) is 0 Å².